The highest BCUT2D eigenvalue weighted by molar-refractivity contribution is 7.21. The summed E-state index contributed by atoms with van der Waals surface area (Å²) in [5, 5.41) is 9.57. The van der Waals surface area contributed by atoms with Gasteiger partial charge in [-0.05, 0) is 30.3 Å². The molecular weight excluding hydrogens is 402 g/mol. The van der Waals surface area contributed by atoms with Crippen molar-refractivity contribution in [3.8, 4) is 16.3 Å². The van der Waals surface area contributed by atoms with Crippen LogP contribution in [0.5, 0.6) is 5.75 Å². The third kappa shape index (κ3) is 6.62. The second-order valence-electron chi connectivity index (χ2n) is 6.35. The number of rotatable bonds is 14. The van der Waals surface area contributed by atoms with Crippen LogP contribution >= 0.6 is 11.3 Å². The third-order valence-corrected chi connectivity index (χ3v) is 5.32. The molecule has 0 unspecified atom stereocenters. The van der Waals surface area contributed by atoms with Gasteiger partial charge in [0.1, 0.15) is 17.4 Å². The number of para-hydroxylation sites is 1. The number of thiazole rings is 1. The molecule has 0 amide bonds. The van der Waals surface area contributed by atoms with Crippen LogP contribution in [0.15, 0.2) is 49.0 Å². The normalized spacial score (nSPS) is 11.1. The topological polar surface area (TPSA) is 70.0 Å². The molecule has 7 heteroatoms. The Morgan fingerprint density at radius 2 is 1.60 bits per heavy atom. The lowest BCUT2D eigenvalue weighted by atomic mass is 10.1. The van der Waals surface area contributed by atoms with Crippen molar-refractivity contribution in [2.24, 2.45) is 0 Å². The van der Waals surface area contributed by atoms with Gasteiger partial charge in [0.2, 0.25) is 0 Å². The van der Waals surface area contributed by atoms with Gasteiger partial charge in [-0.15, -0.1) is 11.3 Å². The molecule has 1 N–H and O–H groups in total. The molecule has 160 valence electrons. The van der Waals surface area contributed by atoms with Crippen LogP contribution in [-0.2, 0) is 14.2 Å². The number of fused-ring (bicyclic) bond motifs is 1. The summed E-state index contributed by atoms with van der Waals surface area (Å²) in [5.74, 6) is 0.774. The Hall–Kier alpha value is -2.29. The Bertz CT molecular complexity index is 894. The summed E-state index contributed by atoms with van der Waals surface area (Å²) < 4.78 is 23.0. The zero-order valence-corrected chi connectivity index (χ0v) is 17.7. The molecule has 0 fully saturated rings. The van der Waals surface area contributed by atoms with Crippen LogP contribution in [0.3, 0.4) is 0 Å². The van der Waals surface area contributed by atoms with E-state index in [4.69, 9.17) is 29.0 Å². The van der Waals surface area contributed by atoms with E-state index in [1.165, 1.54) is 4.70 Å². The Labute approximate surface area is 180 Å². The minimum absolute atomic E-state index is 0.0292. The molecule has 0 aliphatic rings. The lowest BCUT2D eigenvalue weighted by Gasteiger charge is -2.11. The Morgan fingerprint density at radius 1 is 0.900 bits per heavy atom. The molecule has 0 saturated heterocycles. The van der Waals surface area contributed by atoms with Crippen LogP contribution in [0, 0.1) is 0 Å². The van der Waals surface area contributed by atoms with Gasteiger partial charge in [0.25, 0.3) is 0 Å². The van der Waals surface area contributed by atoms with Gasteiger partial charge in [-0.3, -0.25) is 0 Å². The maximum Gasteiger partial charge on any atom is 0.126 e. The molecule has 30 heavy (non-hydrogen) atoms. The minimum atomic E-state index is 0.0292. The predicted octanol–water partition coefficient (Wildman–Crippen LogP) is 4.03. The van der Waals surface area contributed by atoms with Crippen molar-refractivity contribution in [2.45, 2.75) is 0 Å². The highest BCUT2D eigenvalue weighted by atomic mass is 32.1. The van der Waals surface area contributed by atoms with E-state index in [2.05, 4.69) is 12.6 Å². The van der Waals surface area contributed by atoms with Crippen LogP contribution in [0.25, 0.3) is 26.9 Å². The molecule has 0 bridgehead atoms. The maximum absolute atomic E-state index is 8.59. The van der Waals surface area contributed by atoms with Crippen molar-refractivity contribution in [3.05, 3.63) is 54.6 Å². The quantitative estimate of drug-likeness (QED) is 0.390. The van der Waals surface area contributed by atoms with Gasteiger partial charge >= 0.3 is 0 Å². The third-order valence-electron chi connectivity index (χ3n) is 4.24. The Kier molecular flexibility index (Phi) is 9.27. The van der Waals surface area contributed by atoms with Crippen molar-refractivity contribution in [3.63, 3.8) is 0 Å². The molecule has 1 aromatic heterocycles. The van der Waals surface area contributed by atoms with Crippen molar-refractivity contribution in [1.29, 1.82) is 0 Å². The fourth-order valence-corrected chi connectivity index (χ4v) is 3.75. The van der Waals surface area contributed by atoms with E-state index in [-0.39, 0.29) is 6.61 Å². The van der Waals surface area contributed by atoms with Crippen molar-refractivity contribution < 1.29 is 24.1 Å². The molecule has 3 aromatic rings. The summed E-state index contributed by atoms with van der Waals surface area (Å²) >= 11 is 1.67. The fourth-order valence-electron chi connectivity index (χ4n) is 2.79. The smallest absolute Gasteiger partial charge is 0.126 e. The first kappa shape index (κ1) is 22.4. The first-order valence-electron chi connectivity index (χ1n) is 9.91. The summed E-state index contributed by atoms with van der Waals surface area (Å²) in [7, 11) is 0. The number of nitrogens with zero attached hydrogens (tertiary/aromatic N) is 1. The molecule has 3 rings (SSSR count). The average Bonchev–Trinajstić information content (AvgIpc) is 3.22. The number of hydrogen-bond donors (Lipinski definition) is 1. The molecule has 0 radical (unpaired) electrons. The van der Waals surface area contributed by atoms with Crippen LogP contribution in [-0.4, -0.2) is 62.9 Å². The summed E-state index contributed by atoms with van der Waals surface area (Å²) in [6.07, 6.45) is 1.79. The van der Waals surface area contributed by atoms with Crippen LogP contribution in [0.2, 0.25) is 0 Å². The van der Waals surface area contributed by atoms with Gasteiger partial charge in [-0.25, -0.2) is 4.98 Å². The van der Waals surface area contributed by atoms with E-state index in [1.54, 1.807) is 17.4 Å². The number of aliphatic hydroxyl groups is 1. The first-order chi connectivity index (χ1) is 14.8. The van der Waals surface area contributed by atoms with Gasteiger partial charge in [-0.2, -0.15) is 0 Å². The predicted molar refractivity (Wildman–Crippen MR) is 120 cm³/mol. The van der Waals surface area contributed by atoms with Crippen molar-refractivity contribution in [1.82, 2.24) is 4.98 Å². The van der Waals surface area contributed by atoms with Crippen LogP contribution in [0.1, 0.15) is 5.56 Å². The zero-order valence-electron chi connectivity index (χ0n) is 16.9. The molecule has 1 heterocycles. The van der Waals surface area contributed by atoms with E-state index >= 15 is 0 Å². The monoisotopic (exact) mass is 429 g/mol. The molecule has 0 saturated carbocycles. The number of benzene rings is 2. The Morgan fingerprint density at radius 3 is 2.30 bits per heavy atom. The molecule has 0 atom stereocenters. The summed E-state index contributed by atoms with van der Waals surface area (Å²) in [6, 6.07) is 14.2. The van der Waals surface area contributed by atoms with E-state index < -0.39 is 0 Å². The molecule has 0 spiro atoms. The number of aliphatic hydroxyl groups excluding tert-OH is 1. The summed E-state index contributed by atoms with van der Waals surface area (Å²) in [6.45, 7) is 7.15. The summed E-state index contributed by atoms with van der Waals surface area (Å²) in [5.41, 5.74) is 2.99. The molecule has 2 aromatic carbocycles. The lowest BCUT2D eigenvalue weighted by Crippen LogP contribution is -2.13. The van der Waals surface area contributed by atoms with Gasteiger partial charge in [0.15, 0.2) is 0 Å². The second-order valence-corrected chi connectivity index (χ2v) is 7.38. The largest absolute Gasteiger partial charge is 0.491 e. The Balaban J connectivity index is 1.42. The molecular formula is C23H27NO5S. The zero-order chi connectivity index (χ0) is 21.0. The fraction of sp³-hybridized carbons (Fsp3) is 0.348. The van der Waals surface area contributed by atoms with Crippen molar-refractivity contribution in [2.75, 3.05) is 52.9 Å². The first-order valence-corrected chi connectivity index (χ1v) is 10.7. The highest BCUT2D eigenvalue weighted by Gasteiger charge is 2.09. The van der Waals surface area contributed by atoms with Crippen LogP contribution < -0.4 is 4.74 Å². The standard InChI is InChI=1S/C23H27NO5S/c1-2-18-17-19(23-24-20-5-3-4-6-22(20)30-23)7-8-21(18)29-16-15-28-14-13-27-12-11-26-10-9-25/h2-8,17,25H,1,9-16H2. The minimum Gasteiger partial charge on any atom is -0.491 e. The highest BCUT2D eigenvalue weighted by Crippen LogP contribution is 2.33. The SMILES string of the molecule is C=Cc1cc(-c2nc3ccccc3s2)ccc1OCCOCCOCCOCCO. The van der Waals surface area contributed by atoms with E-state index in [0.29, 0.717) is 46.2 Å². The average molecular weight is 430 g/mol. The van der Waals surface area contributed by atoms with E-state index in [0.717, 1.165) is 27.4 Å². The van der Waals surface area contributed by atoms with E-state index in [1.807, 2.05) is 36.4 Å². The van der Waals surface area contributed by atoms with Gasteiger partial charge < -0.3 is 24.1 Å². The van der Waals surface area contributed by atoms with Crippen LogP contribution in [0.4, 0.5) is 0 Å². The van der Waals surface area contributed by atoms with Crippen molar-refractivity contribution >= 4 is 27.6 Å². The van der Waals surface area contributed by atoms with Gasteiger partial charge in [0, 0.05) is 11.1 Å². The molecule has 0 aliphatic heterocycles. The molecule has 0 aliphatic carbocycles. The number of ether oxygens (including phenoxy) is 4. The summed E-state index contributed by atoms with van der Waals surface area (Å²) in [4.78, 5) is 4.71. The number of aromatic nitrogens is 1. The number of hydrogen-bond acceptors (Lipinski definition) is 7. The van der Waals surface area contributed by atoms with Gasteiger partial charge in [0.05, 0.1) is 56.5 Å². The lowest BCUT2D eigenvalue weighted by molar-refractivity contribution is 0.00360. The maximum atomic E-state index is 8.59. The second kappa shape index (κ2) is 12.4. The van der Waals surface area contributed by atoms with Gasteiger partial charge in [-0.1, -0.05) is 24.8 Å². The van der Waals surface area contributed by atoms with E-state index in [9.17, 15) is 0 Å². The molecule has 6 nitrogen and oxygen atoms in total.